The van der Waals surface area contributed by atoms with E-state index in [-0.39, 0.29) is 0 Å². The van der Waals surface area contributed by atoms with Crippen LogP contribution in [0, 0.1) is 0 Å². The lowest BCUT2D eigenvalue weighted by molar-refractivity contribution is 0.185. The maximum absolute atomic E-state index is 5.02. The van der Waals surface area contributed by atoms with Gasteiger partial charge in [0.05, 0.1) is 0 Å². The largest absolute Gasteiger partial charge is 0.385 e. The van der Waals surface area contributed by atoms with Crippen molar-refractivity contribution in [3.63, 3.8) is 0 Å². The molecule has 0 saturated heterocycles. The summed E-state index contributed by atoms with van der Waals surface area (Å²) in [7, 11) is 3.47. The number of nitrogens with zero attached hydrogens (tertiary/aromatic N) is 1. The lowest BCUT2D eigenvalue weighted by Gasteiger charge is -2.17. The summed E-state index contributed by atoms with van der Waals surface area (Å²) in [5.41, 5.74) is 0. The van der Waals surface area contributed by atoms with Crippen molar-refractivity contribution < 1.29 is 4.74 Å². The van der Waals surface area contributed by atoms with Crippen LogP contribution in [-0.4, -0.2) is 32.6 Å². The van der Waals surface area contributed by atoms with Gasteiger partial charge in [-0.3, -0.25) is 4.99 Å². The molecule has 0 aliphatic heterocycles. The van der Waals surface area contributed by atoms with E-state index < -0.39 is 0 Å². The van der Waals surface area contributed by atoms with Crippen molar-refractivity contribution >= 4 is 5.84 Å². The summed E-state index contributed by atoms with van der Waals surface area (Å²) in [5, 5.41) is 3.29. The summed E-state index contributed by atoms with van der Waals surface area (Å²) in [6.45, 7) is 10.6. The lowest BCUT2D eigenvalue weighted by Crippen LogP contribution is -2.34. The highest BCUT2D eigenvalue weighted by atomic mass is 16.5. The van der Waals surface area contributed by atoms with Crippen molar-refractivity contribution in [1.82, 2.24) is 5.32 Å². The highest BCUT2D eigenvalue weighted by Crippen LogP contribution is 1.97. The molecule has 0 saturated carbocycles. The first-order valence-electron chi connectivity index (χ1n) is 5.63. The predicted octanol–water partition coefficient (Wildman–Crippen LogP) is 2.63. The Morgan fingerprint density at radius 3 is 2.47 bits per heavy atom. The van der Waals surface area contributed by atoms with Gasteiger partial charge in [0.25, 0.3) is 0 Å². The molecule has 0 aromatic rings. The third kappa shape index (κ3) is 9.47. The van der Waals surface area contributed by atoms with Crippen LogP contribution < -0.4 is 5.32 Å². The van der Waals surface area contributed by atoms with Crippen LogP contribution in [0.2, 0.25) is 0 Å². The first kappa shape index (κ1) is 16.6. The number of nitrogens with one attached hydrogen (secondary N) is 1. The Labute approximate surface area is 94.6 Å². The molecule has 0 aliphatic carbocycles. The van der Waals surface area contributed by atoms with Gasteiger partial charge in [-0.1, -0.05) is 27.4 Å². The molecular weight excluding hydrogens is 188 g/mol. The summed E-state index contributed by atoms with van der Waals surface area (Å²) >= 11 is 0. The van der Waals surface area contributed by atoms with Gasteiger partial charge in [0.2, 0.25) is 0 Å². The predicted molar refractivity (Wildman–Crippen MR) is 68.6 cm³/mol. The van der Waals surface area contributed by atoms with Crippen LogP contribution in [0.4, 0.5) is 0 Å². The van der Waals surface area contributed by atoms with E-state index in [1.807, 2.05) is 13.8 Å². The first-order valence-corrected chi connectivity index (χ1v) is 5.63. The van der Waals surface area contributed by atoms with E-state index in [1.165, 1.54) is 0 Å². The minimum atomic E-state index is 0.427. The van der Waals surface area contributed by atoms with Crippen LogP contribution in [0.25, 0.3) is 0 Å². The minimum absolute atomic E-state index is 0.427. The van der Waals surface area contributed by atoms with Crippen LogP contribution in [0.1, 0.15) is 33.6 Å². The molecule has 0 fully saturated rings. The zero-order valence-corrected chi connectivity index (χ0v) is 10.8. The Hall–Kier alpha value is -0.830. The van der Waals surface area contributed by atoms with Crippen molar-refractivity contribution in [2.45, 2.75) is 39.7 Å². The van der Waals surface area contributed by atoms with Gasteiger partial charge in [0.1, 0.15) is 5.84 Å². The van der Waals surface area contributed by atoms with E-state index >= 15 is 0 Å². The molecule has 1 N–H and O–H groups in total. The van der Waals surface area contributed by atoms with Gasteiger partial charge in [-0.2, -0.15) is 0 Å². The van der Waals surface area contributed by atoms with Gasteiger partial charge in [-0.15, -0.1) is 0 Å². The highest BCUT2D eigenvalue weighted by molar-refractivity contribution is 5.92. The van der Waals surface area contributed by atoms with E-state index in [0.29, 0.717) is 6.04 Å². The SMILES string of the molecule is C=CC(=NC)NC(CC)CCOC.CC. The lowest BCUT2D eigenvalue weighted by atomic mass is 10.1. The molecule has 90 valence electrons. The fourth-order valence-electron chi connectivity index (χ4n) is 1.06. The van der Waals surface area contributed by atoms with Crippen LogP contribution in [0.15, 0.2) is 17.6 Å². The molecule has 0 rings (SSSR count). The van der Waals surface area contributed by atoms with E-state index in [0.717, 1.165) is 25.3 Å². The summed E-state index contributed by atoms with van der Waals surface area (Å²) in [5.74, 6) is 0.850. The molecule has 1 unspecified atom stereocenters. The molecule has 0 aromatic carbocycles. The molecule has 0 amide bonds. The molecule has 1 atom stereocenters. The monoisotopic (exact) mass is 214 g/mol. The normalized spacial score (nSPS) is 12.5. The summed E-state index contributed by atoms with van der Waals surface area (Å²) < 4.78 is 5.02. The first-order chi connectivity index (χ1) is 7.28. The van der Waals surface area contributed by atoms with Crippen molar-refractivity contribution in [3.05, 3.63) is 12.7 Å². The van der Waals surface area contributed by atoms with Gasteiger partial charge in [-0.25, -0.2) is 0 Å². The number of amidine groups is 1. The summed E-state index contributed by atoms with van der Waals surface area (Å²) in [4.78, 5) is 4.05. The van der Waals surface area contributed by atoms with Crippen LogP contribution in [0.3, 0.4) is 0 Å². The van der Waals surface area contributed by atoms with Crippen molar-refractivity contribution in [2.24, 2.45) is 4.99 Å². The zero-order valence-electron chi connectivity index (χ0n) is 10.8. The Morgan fingerprint density at radius 2 is 2.13 bits per heavy atom. The molecule has 3 heteroatoms. The third-order valence-electron chi connectivity index (χ3n) is 1.95. The summed E-state index contributed by atoms with van der Waals surface area (Å²) in [6, 6.07) is 0.427. The standard InChI is InChI=1S/C10H20N2O.C2H6/c1-5-9(7-8-13-4)12-10(6-2)11-3;1-2/h6,9H,2,5,7-8H2,1,3-4H3,(H,11,12);1-2H3. The molecule has 0 bridgehead atoms. The molecule has 0 aliphatic rings. The molecule has 3 nitrogen and oxygen atoms in total. The number of hydrogen-bond acceptors (Lipinski definition) is 2. The van der Waals surface area contributed by atoms with Gasteiger partial charge in [0, 0.05) is 26.8 Å². The second kappa shape index (κ2) is 13.2. The molecule has 0 spiro atoms. The summed E-state index contributed by atoms with van der Waals surface area (Å²) in [6.07, 6.45) is 3.80. The second-order valence-electron chi connectivity index (χ2n) is 2.84. The number of hydrogen-bond donors (Lipinski definition) is 1. The fraction of sp³-hybridized carbons (Fsp3) is 0.750. The van der Waals surface area contributed by atoms with Crippen LogP contribution in [0.5, 0.6) is 0 Å². The molecular formula is C12H26N2O. The molecule has 0 aromatic heterocycles. The topological polar surface area (TPSA) is 33.6 Å². The Morgan fingerprint density at radius 1 is 1.53 bits per heavy atom. The number of methoxy groups -OCH3 is 1. The highest BCUT2D eigenvalue weighted by Gasteiger charge is 2.05. The van der Waals surface area contributed by atoms with E-state index in [2.05, 4.69) is 23.8 Å². The Kier molecular flexibility index (Phi) is 14.6. The van der Waals surface area contributed by atoms with Gasteiger partial charge in [-0.05, 0) is 18.9 Å². The minimum Gasteiger partial charge on any atom is -0.385 e. The maximum Gasteiger partial charge on any atom is 0.120 e. The van der Waals surface area contributed by atoms with Gasteiger partial charge >= 0.3 is 0 Å². The van der Waals surface area contributed by atoms with E-state index in [1.54, 1.807) is 20.2 Å². The van der Waals surface area contributed by atoms with Crippen molar-refractivity contribution in [2.75, 3.05) is 20.8 Å². The van der Waals surface area contributed by atoms with Crippen molar-refractivity contribution in [3.8, 4) is 0 Å². The Bertz CT molecular complexity index is 167. The fourth-order valence-corrected chi connectivity index (χ4v) is 1.06. The second-order valence-corrected chi connectivity index (χ2v) is 2.84. The average molecular weight is 214 g/mol. The van der Waals surface area contributed by atoms with E-state index in [4.69, 9.17) is 4.74 Å². The third-order valence-corrected chi connectivity index (χ3v) is 1.95. The smallest absolute Gasteiger partial charge is 0.120 e. The van der Waals surface area contributed by atoms with Gasteiger partial charge in [0.15, 0.2) is 0 Å². The van der Waals surface area contributed by atoms with Crippen LogP contribution >= 0.6 is 0 Å². The zero-order chi connectivity index (χ0) is 12.1. The Balaban J connectivity index is 0. The van der Waals surface area contributed by atoms with Crippen LogP contribution in [-0.2, 0) is 4.74 Å². The number of aliphatic imine (C=N–C) groups is 1. The van der Waals surface area contributed by atoms with Gasteiger partial charge < -0.3 is 10.1 Å². The van der Waals surface area contributed by atoms with E-state index in [9.17, 15) is 0 Å². The maximum atomic E-state index is 5.02. The molecule has 15 heavy (non-hydrogen) atoms. The number of rotatable bonds is 6. The number of ether oxygens (including phenoxy) is 1. The quantitative estimate of drug-likeness (QED) is 0.545. The molecule has 0 radical (unpaired) electrons. The average Bonchev–Trinajstić information content (AvgIpc) is 2.32. The van der Waals surface area contributed by atoms with Crippen molar-refractivity contribution in [1.29, 1.82) is 0 Å². The molecule has 0 heterocycles.